The third-order valence-electron chi connectivity index (χ3n) is 3.08. The van der Waals surface area contributed by atoms with Crippen LogP contribution in [-0.2, 0) is 12.8 Å². The van der Waals surface area contributed by atoms with E-state index in [1.807, 2.05) is 35.9 Å². The molecule has 22 heavy (non-hydrogen) atoms. The molecular weight excluding hydrogens is 302 g/mol. The molecule has 0 unspecified atom stereocenters. The molecule has 0 saturated heterocycles. The molecule has 7 nitrogen and oxygen atoms in total. The van der Waals surface area contributed by atoms with Crippen molar-refractivity contribution in [1.29, 1.82) is 0 Å². The van der Waals surface area contributed by atoms with E-state index in [9.17, 15) is 0 Å². The Labute approximate surface area is 131 Å². The van der Waals surface area contributed by atoms with Gasteiger partial charge in [0.2, 0.25) is 11.8 Å². The summed E-state index contributed by atoms with van der Waals surface area (Å²) >= 11 is 1.49. The second kappa shape index (κ2) is 6.18. The van der Waals surface area contributed by atoms with Gasteiger partial charge >= 0.3 is 0 Å². The van der Waals surface area contributed by atoms with E-state index in [2.05, 4.69) is 20.4 Å². The Morgan fingerprint density at radius 2 is 2.00 bits per heavy atom. The maximum Gasteiger partial charge on any atom is 0.226 e. The van der Waals surface area contributed by atoms with Crippen LogP contribution in [0.25, 0.3) is 11.4 Å². The molecule has 0 N–H and O–H groups in total. The van der Waals surface area contributed by atoms with Gasteiger partial charge in [-0.05, 0) is 12.1 Å². The Bertz CT molecular complexity index is 783. The maximum absolute atomic E-state index is 5.37. The molecular formula is C14H15N5O2S. The van der Waals surface area contributed by atoms with Crippen LogP contribution in [0.2, 0.25) is 0 Å². The molecule has 0 fully saturated rings. The number of rotatable bonds is 5. The largest absolute Gasteiger partial charge is 0.496 e. The fraction of sp³-hybridized carbons (Fsp3) is 0.286. The van der Waals surface area contributed by atoms with Gasteiger partial charge in [-0.15, -0.1) is 20.4 Å². The fourth-order valence-electron chi connectivity index (χ4n) is 2.03. The van der Waals surface area contributed by atoms with Crippen molar-refractivity contribution in [1.82, 2.24) is 25.0 Å². The number of hydrogen-bond donors (Lipinski definition) is 0. The van der Waals surface area contributed by atoms with E-state index in [0.29, 0.717) is 17.5 Å². The highest BCUT2D eigenvalue weighted by molar-refractivity contribution is 7.98. The first-order valence-corrected chi connectivity index (χ1v) is 7.62. The number of aromatic nitrogens is 5. The van der Waals surface area contributed by atoms with E-state index in [1.54, 1.807) is 14.0 Å². The summed E-state index contributed by atoms with van der Waals surface area (Å²) in [6.45, 7) is 1.77. The molecule has 0 aliphatic heterocycles. The zero-order valence-electron chi connectivity index (χ0n) is 12.5. The molecule has 0 bridgehead atoms. The maximum atomic E-state index is 5.37. The lowest BCUT2D eigenvalue weighted by Gasteiger charge is -2.07. The molecule has 8 heteroatoms. The minimum Gasteiger partial charge on any atom is -0.496 e. The minimum absolute atomic E-state index is 0.554. The summed E-state index contributed by atoms with van der Waals surface area (Å²) in [5, 5.41) is 17.0. The van der Waals surface area contributed by atoms with Crippen LogP contribution < -0.4 is 4.74 Å². The molecule has 0 radical (unpaired) electrons. The third-order valence-corrected chi connectivity index (χ3v) is 4.08. The second-order valence-corrected chi connectivity index (χ2v) is 5.51. The molecule has 0 amide bonds. The Morgan fingerprint density at radius 1 is 1.18 bits per heavy atom. The van der Waals surface area contributed by atoms with Gasteiger partial charge in [0.05, 0.1) is 18.4 Å². The Morgan fingerprint density at radius 3 is 2.73 bits per heavy atom. The number of methoxy groups -OCH3 is 1. The summed E-state index contributed by atoms with van der Waals surface area (Å²) < 4.78 is 12.6. The molecule has 0 aliphatic rings. The van der Waals surface area contributed by atoms with Crippen molar-refractivity contribution in [3.63, 3.8) is 0 Å². The Kier molecular flexibility index (Phi) is 4.10. The zero-order chi connectivity index (χ0) is 15.5. The molecule has 3 rings (SSSR count). The van der Waals surface area contributed by atoms with Gasteiger partial charge < -0.3 is 13.7 Å². The number of aryl methyl sites for hydroxylation is 1. The topological polar surface area (TPSA) is 78.9 Å². The Hall–Kier alpha value is -2.35. The number of nitrogens with zero attached hydrogens (tertiary/aromatic N) is 5. The van der Waals surface area contributed by atoms with Crippen LogP contribution >= 0.6 is 11.8 Å². The molecule has 0 spiro atoms. The van der Waals surface area contributed by atoms with Crippen molar-refractivity contribution in [2.45, 2.75) is 17.8 Å². The highest BCUT2D eigenvalue weighted by Crippen LogP contribution is 2.30. The summed E-state index contributed by atoms with van der Waals surface area (Å²) in [5.41, 5.74) is 0.903. The molecule has 0 saturated carbocycles. The van der Waals surface area contributed by atoms with Crippen molar-refractivity contribution < 1.29 is 9.15 Å². The standard InChI is InChI=1S/C14H15N5O2S/c1-9-15-16-12(21-9)8-22-14-18-17-13(19(14)2)10-6-4-5-7-11(10)20-3/h4-7H,8H2,1-3H3. The van der Waals surface area contributed by atoms with Crippen LogP contribution in [0.15, 0.2) is 33.8 Å². The fourth-order valence-corrected chi connectivity index (χ4v) is 2.77. The number of ether oxygens (including phenoxy) is 1. The number of benzene rings is 1. The molecule has 3 aromatic rings. The Balaban J connectivity index is 1.82. The van der Waals surface area contributed by atoms with Gasteiger partial charge in [0.1, 0.15) is 5.75 Å². The monoisotopic (exact) mass is 317 g/mol. The van der Waals surface area contributed by atoms with E-state index in [0.717, 1.165) is 22.3 Å². The number of para-hydroxylation sites is 1. The van der Waals surface area contributed by atoms with Crippen molar-refractivity contribution in [3.05, 3.63) is 36.0 Å². The van der Waals surface area contributed by atoms with Crippen LogP contribution in [0, 0.1) is 6.92 Å². The van der Waals surface area contributed by atoms with E-state index in [-0.39, 0.29) is 0 Å². The first-order valence-electron chi connectivity index (χ1n) is 6.63. The lowest BCUT2D eigenvalue weighted by atomic mass is 10.2. The highest BCUT2D eigenvalue weighted by Gasteiger charge is 2.15. The molecule has 2 heterocycles. The first-order chi connectivity index (χ1) is 10.7. The van der Waals surface area contributed by atoms with Crippen molar-refractivity contribution in [3.8, 4) is 17.1 Å². The summed E-state index contributed by atoms with van der Waals surface area (Å²) in [6, 6.07) is 7.73. The van der Waals surface area contributed by atoms with Gasteiger partial charge in [0.25, 0.3) is 0 Å². The normalized spacial score (nSPS) is 10.9. The van der Waals surface area contributed by atoms with Crippen molar-refractivity contribution >= 4 is 11.8 Å². The summed E-state index contributed by atoms with van der Waals surface area (Å²) in [6.07, 6.45) is 0. The van der Waals surface area contributed by atoms with Gasteiger partial charge in [-0.25, -0.2) is 0 Å². The van der Waals surface area contributed by atoms with Gasteiger partial charge in [-0.1, -0.05) is 23.9 Å². The minimum atomic E-state index is 0.554. The summed E-state index contributed by atoms with van der Waals surface area (Å²) in [5.74, 6) is 3.20. The van der Waals surface area contributed by atoms with Gasteiger partial charge in [-0.3, -0.25) is 0 Å². The summed E-state index contributed by atoms with van der Waals surface area (Å²) in [7, 11) is 3.56. The van der Waals surface area contributed by atoms with Gasteiger partial charge in [0.15, 0.2) is 11.0 Å². The molecule has 114 valence electrons. The molecule has 2 aromatic heterocycles. The molecule has 1 aromatic carbocycles. The highest BCUT2D eigenvalue weighted by atomic mass is 32.2. The summed E-state index contributed by atoms with van der Waals surface area (Å²) in [4.78, 5) is 0. The van der Waals surface area contributed by atoms with Crippen LogP contribution in [0.3, 0.4) is 0 Å². The zero-order valence-corrected chi connectivity index (χ0v) is 13.3. The predicted molar refractivity (Wildman–Crippen MR) is 81.6 cm³/mol. The third kappa shape index (κ3) is 2.82. The predicted octanol–water partition coefficient (Wildman–Crippen LogP) is 2.47. The van der Waals surface area contributed by atoms with Crippen LogP contribution in [-0.4, -0.2) is 32.1 Å². The average molecular weight is 317 g/mol. The van der Waals surface area contributed by atoms with Gasteiger partial charge in [-0.2, -0.15) is 0 Å². The van der Waals surface area contributed by atoms with E-state index in [4.69, 9.17) is 9.15 Å². The number of thioether (sulfide) groups is 1. The van der Waals surface area contributed by atoms with Crippen LogP contribution in [0.4, 0.5) is 0 Å². The van der Waals surface area contributed by atoms with Crippen molar-refractivity contribution in [2.75, 3.05) is 7.11 Å². The van der Waals surface area contributed by atoms with Crippen molar-refractivity contribution in [2.24, 2.45) is 7.05 Å². The average Bonchev–Trinajstić information content (AvgIpc) is 3.11. The molecule has 0 aliphatic carbocycles. The van der Waals surface area contributed by atoms with Crippen LogP contribution in [0.5, 0.6) is 5.75 Å². The van der Waals surface area contributed by atoms with Crippen LogP contribution in [0.1, 0.15) is 11.8 Å². The smallest absolute Gasteiger partial charge is 0.226 e. The second-order valence-electron chi connectivity index (χ2n) is 4.57. The lowest BCUT2D eigenvalue weighted by molar-refractivity contribution is 0.416. The lowest BCUT2D eigenvalue weighted by Crippen LogP contribution is -1.97. The molecule has 0 atom stereocenters. The van der Waals surface area contributed by atoms with Gasteiger partial charge in [0, 0.05) is 14.0 Å². The van der Waals surface area contributed by atoms with E-state index in [1.165, 1.54) is 11.8 Å². The SMILES string of the molecule is COc1ccccc1-c1nnc(SCc2nnc(C)o2)n1C. The quantitative estimate of drug-likeness (QED) is 0.669. The van der Waals surface area contributed by atoms with E-state index < -0.39 is 0 Å². The van der Waals surface area contributed by atoms with E-state index >= 15 is 0 Å². The number of hydrogen-bond acceptors (Lipinski definition) is 7. The first kappa shape index (κ1) is 14.6.